The number of carbonyl (C=O) groups is 1. The molecule has 2 rings (SSSR count). The molecule has 1 aromatic carbocycles. The molecular weight excluding hydrogens is 292 g/mol. The van der Waals surface area contributed by atoms with E-state index >= 15 is 0 Å². The van der Waals surface area contributed by atoms with Gasteiger partial charge in [0.2, 0.25) is 11.6 Å². The number of carbonyl (C=O) groups excluding carboxylic acids is 1. The fourth-order valence-electron chi connectivity index (χ4n) is 2.51. The molecule has 0 radical (unpaired) electrons. The standard InChI is InChI=1S/C16H20N6O/c1-10-6-7-12(20-16(23)11-4-2-3-5-11)8-13(10)21-22-14(9-17)15(18)19/h6-8,11,21H,2-5H2,1H3,(H3,18,19)(H,20,23)/b22-14+. The number of nitrogens with one attached hydrogen (secondary N) is 3. The van der Waals surface area contributed by atoms with Gasteiger partial charge in [0.15, 0.2) is 5.84 Å². The molecular formula is C16H20N6O. The van der Waals surface area contributed by atoms with Crippen LogP contribution in [-0.4, -0.2) is 17.5 Å². The Labute approximate surface area is 135 Å². The van der Waals surface area contributed by atoms with Crippen molar-refractivity contribution in [2.24, 2.45) is 16.8 Å². The number of hydrogen-bond acceptors (Lipinski definition) is 5. The normalized spacial score (nSPS) is 15.0. The Morgan fingerprint density at radius 3 is 2.74 bits per heavy atom. The van der Waals surface area contributed by atoms with E-state index in [0.29, 0.717) is 11.4 Å². The maximum atomic E-state index is 12.2. The van der Waals surface area contributed by atoms with Gasteiger partial charge in [0, 0.05) is 11.6 Å². The first kappa shape index (κ1) is 16.5. The van der Waals surface area contributed by atoms with Gasteiger partial charge in [-0.05, 0) is 37.5 Å². The molecule has 120 valence electrons. The molecule has 0 aromatic heterocycles. The van der Waals surface area contributed by atoms with Crippen LogP contribution in [0.25, 0.3) is 0 Å². The zero-order chi connectivity index (χ0) is 16.8. The van der Waals surface area contributed by atoms with Crippen LogP contribution < -0.4 is 16.5 Å². The minimum atomic E-state index is -0.400. The SMILES string of the molecule is Cc1ccc(NC(=O)C2CCCC2)cc1N/N=C(\C#N)C(=N)N. The number of nitrogens with zero attached hydrogens (tertiary/aromatic N) is 2. The summed E-state index contributed by atoms with van der Waals surface area (Å²) in [5, 5.41) is 22.8. The molecule has 23 heavy (non-hydrogen) atoms. The van der Waals surface area contributed by atoms with E-state index in [0.717, 1.165) is 31.2 Å². The molecule has 0 bridgehead atoms. The van der Waals surface area contributed by atoms with Crippen molar-refractivity contribution in [2.75, 3.05) is 10.7 Å². The summed E-state index contributed by atoms with van der Waals surface area (Å²) in [6, 6.07) is 7.17. The molecule has 0 spiro atoms. The molecule has 0 aliphatic heterocycles. The average molecular weight is 312 g/mol. The number of rotatable bonds is 5. The first-order chi connectivity index (χ1) is 11.0. The topological polar surface area (TPSA) is 127 Å². The van der Waals surface area contributed by atoms with Crippen LogP contribution in [0.2, 0.25) is 0 Å². The van der Waals surface area contributed by atoms with E-state index in [9.17, 15) is 4.79 Å². The highest BCUT2D eigenvalue weighted by Crippen LogP contribution is 2.27. The molecule has 0 saturated heterocycles. The number of aryl methyl sites for hydroxylation is 1. The van der Waals surface area contributed by atoms with E-state index in [1.807, 2.05) is 19.1 Å². The van der Waals surface area contributed by atoms with Gasteiger partial charge in [-0.3, -0.25) is 15.6 Å². The Balaban J connectivity index is 2.11. The summed E-state index contributed by atoms with van der Waals surface area (Å²) >= 11 is 0. The first-order valence-corrected chi connectivity index (χ1v) is 7.51. The number of hydrazone groups is 1. The summed E-state index contributed by atoms with van der Waals surface area (Å²) in [7, 11) is 0. The summed E-state index contributed by atoms with van der Waals surface area (Å²) in [6.45, 7) is 1.88. The van der Waals surface area contributed by atoms with Crippen LogP contribution in [0.3, 0.4) is 0 Å². The van der Waals surface area contributed by atoms with Crippen LogP contribution in [0, 0.1) is 29.6 Å². The Bertz CT molecular complexity index is 682. The molecule has 1 saturated carbocycles. The van der Waals surface area contributed by atoms with Crippen molar-refractivity contribution < 1.29 is 4.79 Å². The lowest BCUT2D eigenvalue weighted by Crippen LogP contribution is -2.22. The highest BCUT2D eigenvalue weighted by atomic mass is 16.1. The van der Waals surface area contributed by atoms with Crippen molar-refractivity contribution in [3.63, 3.8) is 0 Å². The van der Waals surface area contributed by atoms with Crippen molar-refractivity contribution in [2.45, 2.75) is 32.6 Å². The van der Waals surface area contributed by atoms with E-state index in [1.165, 1.54) is 0 Å². The maximum absolute atomic E-state index is 12.2. The summed E-state index contributed by atoms with van der Waals surface area (Å²) in [6.07, 6.45) is 4.10. The van der Waals surface area contributed by atoms with Gasteiger partial charge in [0.1, 0.15) is 6.07 Å². The summed E-state index contributed by atoms with van der Waals surface area (Å²) in [5.41, 5.74) is 9.99. The van der Waals surface area contributed by atoms with Crippen LogP contribution in [-0.2, 0) is 4.79 Å². The highest BCUT2D eigenvalue weighted by molar-refractivity contribution is 6.45. The third-order valence-electron chi connectivity index (χ3n) is 3.88. The third kappa shape index (κ3) is 4.30. The second-order valence-electron chi connectivity index (χ2n) is 5.60. The molecule has 0 atom stereocenters. The van der Waals surface area contributed by atoms with Gasteiger partial charge in [-0.25, -0.2) is 0 Å². The lowest BCUT2D eigenvalue weighted by Gasteiger charge is -2.12. The number of amidine groups is 1. The van der Waals surface area contributed by atoms with Gasteiger partial charge in [-0.15, -0.1) is 0 Å². The van der Waals surface area contributed by atoms with Crippen molar-refractivity contribution in [1.29, 1.82) is 10.7 Å². The highest BCUT2D eigenvalue weighted by Gasteiger charge is 2.22. The minimum Gasteiger partial charge on any atom is -0.382 e. The molecule has 7 nitrogen and oxygen atoms in total. The Morgan fingerprint density at radius 1 is 1.43 bits per heavy atom. The lowest BCUT2D eigenvalue weighted by atomic mass is 10.1. The number of benzene rings is 1. The lowest BCUT2D eigenvalue weighted by molar-refractivity contribution is -0.119. The van der Waals surface area contributed by atoms with Crippen LogP contribution in [0.15, 0.2) is 23.3 Å². The average Bonchev–Trinajstić information content (AvgIpc) is 3.05. The largest absolute Gasteiger partial charge is 0.382 e. The molecule has 0 heterocycles. The summed E-state index contributed by atoms with van der Waals surface area (Å²) in [5.74, 6) is -0.265. The van der Waals surface area contributed by atoms with Crippen LogP contribution in [0.4, 0.5) is 11.4 Å². The van der Waals surface area contributed by atoms with E-state index in [2.05, 4.69) is 15.8 Å². The Morgan fingerprint density at radius 2 is 2.13 bits per heavy atom. The van der Waals surface area contributed by atoms with Gasteiger partial charge >= 0.3 is 0 Å². The van der Waals surface area contributed by atoms with Gasteiger partial charge in [0.05, 0.1) is 5.69 Å². The number of amides is 1. The molecule has 5 N–H and O–H groups in total. The van der Waals surface area contributed by atoms with Gasteiger partial charge in [0.25, 0.3) is 0 Å². The maximum Gasteiger partial charge on any atom is 0.227 e. The molecule has 7 heteroatoms. The number of nitrogens with two attached hydrogens (primary N) is 1. The molecule has 0 unspecified atom stereocenters. The van der Waals surface area contributed by atoms with E-state index in [4.69, 9.17) is 16.4 Å². The number of anilines is 2. The second kappa shape index (κ2) is 7.40. The quantitative estimate of drug-likeness (QED) is 0.378. The first-order valence-electron chi connectivity index (χ1n) is 7.51. The molecule has 1 fully saturated rings. The smallest absolute Gasteiger partial charge is 0.227 e. The summed E-state index contributed by atoms with van der Waals surface area (Å²) < 4.78 is 0. The third-order valence-corrected chi connectivity index (χ3v) is 3.88. The zero-order valence-corrected chi connectivity index (χ0v) is 13.0. The van der Waals surface area contributed by atoms with E-state index in [1.54, 1.807) is 12.1 Å². The fourth-order valence-corrected chi connectivity index (χ4v) is 2.51. The van der Waals surface area contributed by atoms with E-state index in [-0.39, 0.29) is 17.5 Å². The van der Waals surface area contributed by atoms with Crippen LogP contribution >= 0.6 is 0 Å². The fraction of sp³-hybridized carbons (Fsp3) is 0.375. The Hall–Kier alpha value is -2.88. The monoisotopic (exact) mass is 312 g/mol. The second-order valence-corrected chi connectivity index (χ2v) is 5.60. The van der Waals surface area contributed by atoms with E-state index < -0.39 is 5.84 Å². The van der Waals surface area contributed by atoms with Crippen molar-refractivity contribution >= 4 is 28.8 Å². The molecule has 1 aliphatic rings. The van der Waals surface area contributed by atoms with Gasteiger partial charge in [-0.1, -0.05) is 18.9 Å². The zero-order valence-electron chi connectivity index (χ0n) is 13.0. The number of nitriles is 1. The Kier molecular flexibility index (Phi) is 5.31. The van der Waals surface area contributed by atoms with Gasteiger partial charge < -0.3 is 11.1 Å². The molecule has 1 amide bonds. The van der Waals surface area contributed by atoms with Crippen LogP contribution in [0.5, 0.6) is 0 Å². The van der Waals surface area contributed by atoms with Crippen molar-refractivity contribution in [3.8, 4) is 6.07 Å². The predicted octanol–water partition coefficient (Wildman–Crippen LogP) is 2.35. The van der Waals surface area contributed by atoms with Crippen LogP contribution in [0.1, 0.15) is 31.2 Å². The number of hydrogen-bond donors (Lipinski definition) is 4. The van der Waals surface area contributed by atoms with Gasteiger partial charge in [-0.2, -0.15) is 10.4 Å². The molecule has 1 aromatic rings. The molecule has 1 aliphatic carbocycles. The minimum absolute atomic E-state index is 0.0438. The summed E-state index contributed by atoms with van der Waals surface area (Å²) in [4.78, 5) is 12.2. The van der Waals surface area contributed by atoms with Crippen molar-refractivity contribution in [3.05, 3.63) is 23.8 Å². The predicted molar refractivity (Wildman–Crippen MR) is 90.4 cm³/mol. The van der Waals surface area contributed by atoms with Crippen molar-refractivity contribution in [1.82, 2.24) is 0 Å².